The van der Waals surface area contributed by atoms with Gasteiger partial charge in [0.25, 0.3) is 0 Å². The molecule has 0 heterocycles. The molecule has 1 aromatic carbocycles. The molecule has 0 spiro atoms. The zero-order valence-corrected chi connectivity index (χ0v) is 8.57. The van der Waals surface area contributed by atoms with E-state index in [1.54, 1.807) is 0 Å². The smallest absolute Gasteiger partial charge is 0.0825 e. The van der Waals surface area contributed by atoms with Crippen molar-refractivity contribution >= 4 is 0 Å². The van der Waals surface area contributed by atoms with Gasteiger partial charge >= 0.3 is 0 Å². The van der Waals surface area contributed by atoms with E-state index in [0.717, 1.165) is 5.56 Å². The Morgan fingerprint density at radius 1 is 1.36 bits per heavy atom. The topological polar surface area (TPSA) is 44.0 Å². The van der Waals surface area contributed by atoms with Crippen molar-refractivity contribution in [3.05, 3.63) is 35.4 Å². The number of nitriles is 1. The molecule has 1 N–H and O–H groups in total. The first kappa shape index (κ1) is 10.7. The van der Waals surface area contributed by atoms with Crippen molar-refractivity contribution in [1.29, 1.82) is 5.26 Å². The maximum absolute atomic E-state index is 9.86. The highest BCUT2D eigenvalue weighted by atomic mass is 16.3. The van der Waals surface area contributed by atoms with Crippen LogP contribution in [-0.4, -0.2) is 5.11 Å². The first-order valence-electron chi connectivity index (χ1n) is 4.76. The van der Waals surface area contributed by atoms with Crippen molar-refractivity contribution in [1.82, 2.24) is 0 Å². The molecule has 1 rings (SSSR count). The van der Waals surface area contributed by atoms with Gasteiger partial charge < -0.3 is 5.11 Å². The molecule has 1 aromatic rings. The van der Waals surface area contributed by atoms with Crippen LogP contribution in [0.15, 0.2) is 24.3 Å². The van der Waals surface area contributed by atoms with Crippen LogP contribution in [0.3, 0.4) is 0 Å². The van der Waals surface area contributed by atoms with Crippen LogP contribution in [0.4, 0.5) is 0 Å². The lowest BCUT2D eigenvalue weighted by molar-refractivity contribution is 0.120. The number of benzene rings is 1. The fourth-order valence-corrected chi connectivity index (χ4v) is 1.35. The van der Waals surface area contributed by atoms with Crippen molar-refractivity contribution < 1.29 is 5.11 Å². The molecule has 0 bridgehead atoms. The Bertz CT molecular complexity index is 323. The number of hydrogen-bond acceptors (Lipinski definition) is 2. The number of nitrogens with zero attached hydrogens (tertiary/aromatic N) is 1. The van der Waals surface area contributed by atoms with E-state index in [4.69, 9.17) is 5.26 Å². The fourth-order valence-electron chi connectivity index (χ4n) is 1.35. The van der Waals surface area contributed by atoms with Crippen molar-refractivity contribution in [2.24, 2.45) is 5.92 Å². The predicted molar refractivity (Wildman–Crippen MR) is 55.5 cm³/mol. The van der Waals surface area contributed by atoms with Gasteiger partial charge in [-0.1, -0.05) is 36.8 Å². The minimum atomic E-state index is -0.532. The highest BCUT2D eigenvalue weighted by Gasteiger charge is 2.15. The third-order valence-corrected chi connectivity index (χ3v) is 2.37. The van der Waals surface area contributed by atoms with Crippen LogP contribution >= 0.6 is 0 Å². The van der Waals surface area contributed by atoms with Crippen LogP contribution in [0.25, 0.3) is 0 Å². The predicted octanol–water partition coefficient (Wildman–Crippen LogP) is 2.58. The first-order chi connectivity index (χ1) is 6.65. The second-order valence-electron chi connectivity index (χ2n) is 3.70. The minimum Gasteiger partial charge on any atom is -0.388 e. The summed E-state index contributed by atoms with van der Waals surface area (Å²) in [5.74, 6) is -0.0114. The zero-order chi connectivity index (χ0) is 10.6. The third-order valence-electron chi connectivity index (χ3n) is 2.37. The molecular formula is C12H15NO. The van der Waals surface area contributed by atoms with Gasteiger partial charge in [0.05, 0.1) is 12.2 Å². The summed E-state index contributed by atoms with van der Waals surface area (Å²) in [7, 11) is 0. The van der Waals surface area contributed by atoms with E-state index >= 15 is 0 Å². The standard InChI is InChI=1S/C12H15NO/c1-9-3-5-11(6-4-9)12(14)10(2)7-8-13/h3-6,10,12,14H,7H2,1-2H3. The summed E-state index contributed by atoms with van der Waals surface area (Å²) >= 11 is 0. The van der Waals surface area contributed by atoms with Gasteiger partial charge in [-0.15, -0.1) is 0 Å². The Balaban J connectivity index is 2.74. The van der Waals surface area contributed by atoms with E-state index in [-0.39, 0.29) is 5.92 Å². The highest BCUT2D eigenvalue weighted by Crippen LogP contribution is 2.23. The third kappa shape index (κ3) is 2.58. The second-order valence-corrected chi connectivity index (χ2v) is 3.70. The Morgan fingerprint density at radius 3 is 2.43 bits per heavy atom. The quantitative estimate of drug-likeness (QED) is 0.794. The highest BCUT2D eigenvalue weighted by molar-refractivity contribution is 5.23. The lowest BCUT2D eigenvalue weighted by Gasteiger charge is -2.16. The lowest BCUT2D eigenvalue weighted by atomic mass is 9.95. The van der Waals surface area contributed by atoms with Crippen LogP contribution in [0, 0.1) is 24.2 Å². The Morgan fingerprint density at radius 2 is 1.93 bits per heavy atom. The van der Waals surface area contributed by atoms with E-state index in [9.17, 15) is 5.11 Å². The van der Waals surface area contributed by atoms with Gasteiger partial charge in [-0.2, -0.15) is 5.26 Å². The van der Waals surface area contributed by atoms with E-state index < -0.39 is 6.10 Å². The van der Waals surface area contributed by atoms with Crippen molar-refractivity contribution in [2.45, 2.75) is 26.4 Å². The van der Waals surface area contributed by atoms with Crippen LogP contribution in [-0.2, 0) is 0 Å². The van der Waals surface area contributed by atoms with Gasteiger partial charge in [0.2, 0.25) is 0 Å². The molecule has 0 aliphatic carbocycles. The summed E-state index contributed by atoms with van der Waals surface area (Å²) in [6.45, 7) is 3.89. The maximum Gasteiger partial charge on any atom is 0.0825 e. The first-order valence-corrected chi connectivity index (χ1v) is 4.76. The Kier molecular flexibility index (Phi) is 3.67. The molecule has 0 fully saturated rings. The fraction of sp³-hybridized carbons (Fsp3) is 0.417. The second kappa shape index (κ2) is 4.78. The molecule has 2 nitrogen and oxygen atoms in total. The van der Waals surface area contributed by atoms with Gasteiger partial charge in [0.15, 0.2) is 0 Å². The Hall–Kier alpha value is -1.33. The van der Waals surface area contributed by atoms with Crippen LogP contribution in [0.2, 0.25) is 0 Å². The number of rotatable bonds is 3. The molecule has 2 unspecified atom stereocenters. The average molecular weight is 189 g/mol. The minimum absolute atomic E-state index is 0.0114. The van der Waals surface area contributed by atoms with Gasteiger partial charge in [-0.25, -0.2) is 0 Å². The van der Waals surface area contributed by atoms with Crippen LogP contribution in [0.1, 0.15) is 30.6 Å². The van der Waals surface area contributed by atoms with E-state index in [0.29, 0.717) is 6.42 Å². The summed E-state index contributed by atoms with van der Waals surface area (Å²) in [4.78, 5) is 0. The number of aliphatic hydroxyl groups excluding tert-OH is 1. The largest absolute Gasteiger partial charge is 0.388 e. The SMILES string of the molecule is Cc1ccc(C(O)C(C)CC#N)cc1. The van der Waals surface area contributed by atoms with Crippen molar-refractivity contribution in [3.63, 3.8) is 0 Å². The Labute approximate surface area is 84.8 Å². The zero-order valence-electron chi connectivity index (χ0n) is 8.57. The molecule has 74 valence electrons. The molecule has 0 amide bonds. The molecule has 0 aromatic heterocycles. The monoisotopic (exact) mass is 189 g/mol. The van der Waals surface area contributed by atoms with Gasteiger partial charge in [0, 0.05) is 6.42 Å². The van der Waals surface area contributed by atoms with E-state index in [1.165, 1.54) is 5.56 Å². The molecule has 0 saturated carbocycles. The molecule has 14 heavy (non-hydrogen) atoms. The number of aliphatic hydroxyl groups is 1. The summed E-state index contributed by atoms with van der Waals surface area (Å²) in [5.41, 5.74) is 2.06. The summed E-state index contributed by atoms with van der Waals surface area (Å²) in [6, 6.07) is 9.83. The maximum atomic E-state index is 9.86. The summed E-state index contributed by atoms with van der Waals surface area (Å²) in [5, 5.41) is 18.4. The van der Waals surface area contributed by atoms with E-state index in [2.05, 4.69) is 6.07 Å². The van der Waals surface area contributed by atoms with Crippen LogP contribution in [0.5, 0.6) is 0 Å². The normalized spacial score (nSPS) is 14.4. The summed E-state index contributed by atoms with van der Waals surface area (Å²) in [6.07, 6.45) is -0.148. The van der Waals surface area contributed by atoms with Crippen LogP contribution < -0.4 is 0 Å². The van der Waals surface area contributed by atoms with Gasteiger partial charge in [-0.05, 0) is 18.4 Å². The molecule has 0 aliphatic heterocycles. The van der Waals surface area contributed by atoms with Gasteiger partial charge in [0.1, 0.15) is 0 Å². The van der Waals surface area contributed by atoms with Gasteiger partial charge in [-0.3, -0.25) is 0 Å². The summed E-state index contributed by atoms with van der Waals surface area (Å²) < 4.78 is 0. The van der Waals surface area contributed by atoms with E-state index in [1.807, 2.05) is 38.1 Å². The van der Waals surface area contributed by atoms with Crippen molar-refractivity contribution in [2.75, 3.05) is 0 Å². The molecule has 2 heteroatoms. The lowest BCUT2D eigenvalue weighted by Crippen LogP contribution is -2.08. The van der Waals surface area contributed by atoms with Crippen molar-refractivity contribution in [3.8, 4) is 6.07 Å². The molecule has 0 saturated heterocycles. The molecule has 0 aliphatic rings. The number of aryl methyl sites for hydroxylation is 1. The molecular weight excluding hydrogens is 174 g/mol. The molecule has 2 atom stereocenters. The average Bonchev–Trinajstić information content (AvgIpc) is 2.18. The molecule has 0 radical (unpaired) electrons. The number of hydrogen-bond donors (Lipinski definition) is 1.